The van der Waals surface area contributed by atoms with Crippen molar-refractivity contribution in [2.75, 3.05) is 39.8 Å². The van der Waals surface area contributed by atoms with Crippen molar-refractivity contribution in [1.82, 2.24) is 15.5 Å². The maximum absolute atomic E-state index is 5.19. The number of hydrogen-bond acceptors (Lipinski definition) is 3. The highest BCUT2D eigenvalue weighted by Crippen LogP contribution is 2.12. The molecule has 25 heavy (non-hydrogen) atoms. The Balaban J connectivity index is 0.00000312. The van der Waals surface area contributed by atoms with Crippen molar-refractivity contribution in [3.05, 3.63) is 29.8 Å². The molecule has 1 fully saturated rings. The van der Waals surface area contributed by atoms with E-state index in [9.17, 15) is 0 Å². The Morgan fingerprint density at radius 3 is 2.36 bits per heavy atom. The number of likely N-dealkylation sites (tertiary alicyclic amines) is 1. The molecule has 142 valence electrons. The normalized spacial score (nSPS) is 15.8. The molecule has 0 saturated carbocycles. The number of halogens is 1. The molecule has 0 radical (unpaired) electrons. The van der Waals surface area contributed by atoms with Gasteiger partial charge in [-0.2, -0.15) is 0 Å². The van der Waals surface area contributed by atoms with Crippen LogP contribution in [0.4, 0.5) is 0 Å². The van der Waals surface area contributed by atoms with E-state index in [2.05, 4.69) is 39.6 Å². The molecule has 1 aromatic rings. The van der Waals surface area contributed by atoms with E-state index < -0.39 is 0 Å². The quantitative estimate of drug-likeness (QED) is 0.373. The van der Waals surface area contributed by atoms with Gasteiger partial charge in [0.15, 0.2) is 5.96 Å². The summed E-state index contributed by atoms with van der Waals surface area (Å²) in [6.45, 7) is 8.14. The molecule has 6 heteroatoms. The molecule has 0 aliphatic carbocycles. The van der Waals surface area contributed by atoms with Gasteiger partial charge in [-0.3, -0.25) is 0 Å². The highest BCUT2D eigenvalue weighted by molar-refractivity contribution is 14.0. The van der Waals surface area contributed by atoms with Crippen molar-refractivity contribution in [2.24, 2.45) is 4.99 Å². The second-order valence-electron chi connectivity index (χ2n) is 6.23. The number of methoxy groups -OCH3 is 1. The Kier molecular flexibility index (Phi) is 11.6. The van der Waals surface area contributed by atoms with E-state index in [0.29, 0.717) is 6.54 Å². The summed E-state index contributed by atoms with van der Waals surface area (Å²) >= 11 is 0. The van der Waals surface area contributed by atoms with Gasteiger partial charge in [0.25, 0.3) is 0 Å². The summed E-state index contributed by atoms with van der Waals surface area (Å²) in [4.78, 5) is 7.24. The smallest absolute Gasteiger partial charge is 0.191 e. The molecular weight excluding hydrogens is 427 g/mol. The van der Waals surface area contributed by atoms with Crippen LogP contribution >= 0.6 is 24.0 Å². The number of nitrogens with one attached hydrogen (secondary N) is 2. The lowest BCUT2D eigenvalue weighted by Gasteiger charge is -2.20. The molecular formula is C19H33IN4O. The van der Waals surface area contributed by atoms with Gasteiger partial charge >= 0.3 is 0 Å². The second kappa shape index (κ2) is 13.2. The lowest BCUT2D eigenvalue weighted by atomic mass is 10.2. The predicted molar refractivity (Wildman–Crippen MR) is 116 cm³/mol. The number of aliphatic imine (C=N–C) groups is 1. The van der Waals surface area contributed by atoms with E-state index in [0.717, 1.165) is 31.3 Å². The molecule has 0 atom stereocenters. The molecule has 1 aliphatic heterocycles. The van der Waals surface area contributed by atoms with Gasteiger partial charge in [-0.1, -0.05) is 25.0 Å². The van der Waals surface area contributed by atoms with Gasteiger partial charge < -0.3 is 20.3 Å². The first-order valence-electron chi connectivity index (χ1n) is 9.19. The Morgan fingerprint density at radius 1 is 1.08 bits per heavy atom. The largest absolute Gasteiger partial charge is 0.497 e. The third-order valence-corrected chi connectivity index (χ3v) is 4.34. The number of nitrogens with zero attached hydrogens (tertiary/aromatic N) is 2. The van der Waals surface area contributed by atoms with E-state index in [1.54, 1.807) is 7.11 Å². The molecule has 1 aromatic carbocycles. The zero-order valence-electron chi connectivity index (χ0n) is 15.6. The third-order valence-electron chi connectivity index (χ3n) is 4.34. The van der Waals surface area contributed by atoms with Crippen molar-refractivity contribution >= 4 is 29.9 Å². The highest BCUT2D eigenvalue weighted by Gasteiger charge is 2.08. The fourth-order valence-electron chi connectivity index (χ4n) is 2.94. The van der Waals surface area contributed by atoms with Gasteiger partial charge in [-0.05, 0) is 50.6 Å². The summed E-state index contributed by atoms with van der Waals surface area (Å²) in [5.41, 5.74) is 1.18. The van der Waals surface area contributed by atoms with Crippen LogP contribution in [0.15, 0.2) is 29.3 Å². The Hall–Kier alpha value is -1.02. The monoisotopic (exact) mass is 460 g/mol. The number of rotatable bonds is 7. The van der Waals surface area contributed by atoms with Crippen LogP contribution in [0.5, 0.6) is 5.75 Å². The summed E-state index contributed by atoms with van der Waals surface area (Å²) < 4.78 is 5.19. The average molecular weight is 460 g/mol. The van der Waals surface area contributed by atoms with E-state index in [4.69, 9.17) is 4.74 Å². The highest BCUT2D eigenvalue weighted by atomic mass is 127. The maximum atomic E-state index is 5.19. The summed E-state index contributed by atoms with van der Waals surface area (Å²) in [5, 5.41) is 6.77. The molecule has 2 rings (SSSR count). The van der Waals surface area contributed by atoms with Gasteiger partial charge in [0.2, 0.25) is 0 Å². The molecule has 0 aromatic heterocycles. The minimum atomic E-state index is 0. The van der Waals surface area contributed by atoms with Crippen LogP contribution in [-0.4, -0.2) is 50.7 Å². The minimum absolute atomic E-state index is 0. The van der Waals surface area contributed by atoms with Crippen molar-refractivity contribution in [3.63, 3.8) is 0 Å². The van der Waals surface area contributed by atoms with E-state index >= 15 is 0 Å². The Morgan fingerprint density at radius 2 is 1.76 bits per heavy atom. The lowest BCUT2D eigenvalue weighted by Crippen LogP contribution is -2.41. The van der Waals surface area contributed by atoms with Crippen LogP contribution in [0.3, 0.4) is 0 Å². The summed E-state index contributed by atoms with van der Waals surface area (Å²) in [5.74, 6) is 1.77. The van der Waals surface area contributed by atoms with Crippen molar-refractivity contribution in [3.8, 4) is 5.75 Å². The lowest BCUT2D eigenvalue weighted by molar-refractivity contribution is 0.289. The van der Waals surface area contributed by atoms with E-state index in [-0.39, 0.29) is 24.0 Å². The van der Waals surface area contributed by atoms with Gasteiger partial charge in [0, 0.05) is 19.6 Å². The van der Waals surface area contributed by atoms with Gasteiger partial charge in [0.05, 0.1) is 13.7 Å². The molecule has 2 N–H and O–H groups in total. The van der Waals surface area contributed by atoms with E-state index in [1.165, 1.54) is 44.3 Å². The van der Waals surface area contributed by atoms with Crippen LogP contribution in [-0.2, 0) is 6.54 Å². The number of benzene rings is 1. The van der Waals surface area contributed by atoms with Crippen LogP contribution in [0.2, 0.25) is 0 Å². The predicted octanol–water partition coefficient (Wildman–Crippen LogP) is 3.24. The van der Waals surface area contributed by atoms with Gasteiger partial charge in [-0.25, -0.2) is 4.99 Å². The second-order valence-corrected chi connectivity index (χ2v) is 6.23. The Bertz CT molecular complexity index is 485. The van der Waals surface area contributed by atoms with Crippen molar-refractivity contribution in [1.29, 1.82) is 0 Å². The topological polar surface area (TPSA) is 48.9 Å². The zero-order chi connectivity index (χ0) is 17.0. The average Bonchev–Trinajstić information content (AvgIpc) is 2.89. The molecule has 1 aliphatic rings. The van der Waals surface area contributed by atoms with E-state index in [1.807, 2.05) is 12.1 Å². The van der Waals surface area contributed by atoms with Gasteiger partial charge in [-0.15, -0.1) is 24.0 Å². The molecule has 1 saturated heterocycles. The first-order chi connectivity index (χ1) is 11.8. The molecule has 0 bridgehead atoms. The summed E-state index contributed by atoms with van der Waals surface area (Å²) in [6.07, 6.45) is 5.45. The number of hydrogen-bond donors (Lipinski definition) is 2. The summed E-state index contributed by atoms with van der Waals surface area (Å²) in [6, 6.07) is 8.07. The molecule has 5 nitrogen and oxygen atoms in total. The van der Waals surface area contributed by atoms with Crippen molar-refractivity contribution < 1.29 is 4.74 Å². The first-order valence-corrected chi connectivity index (χ1v) is 9.19. The fraction of sp³-hybridized carbons (Fsp3) is 0.632. The Labute approximate surface area is 169 Å². The van der Waals surface area contributed by atoms with Crippen LogP contribution in [0, 0.1) is 0 Å². The first kappa shape index (κ1) is 22.0. The molecule has 0 amide bonds. The van der Waals surface area contributed by atoms with Crippen molar-refractivity contribution in [2.45, 2.75) is 39.2 Å². The molecule has 0 spiro atoms. The fourth-order valence-corrected chi connectivity index (χ4v) is 2.94. The zero-order valence-corrected chi connectivity index (χ0v) is 17.9. The van der Waals surface area contributed by atoms with Crippen LogP contribution < -0.4 is 15.4 Å². The van der Waals surface area contributed by atoms with Crippen LogP contribution in [0.1, 0.15) is 38.2 Å². The number of ether oxygens (including phenoxy) is 1. The standard InChI is InChI=1S/C19H32N4O.HI/c1-3-20-19(21-12-15-23-13-6-4-5-7-14-23)22-16-17-8-10-18(24-2)11-9-17;/h8-11H,3-7,12-16H2,1-2H3,(H2,20,21,22);1H. The SMILES string of the molecule is CCNC(=NCc1ccc(OC)cc1)NCCN1CCCCCC1.I. The third kappa shape index (κ3) is 8.76. The van der Waals surface area contributed by atoms with Crippen LogP contribution in [0.25, 0.3) is 0 Å². The summed E-state index contributed by atoms with van der Waals surface area (Å²) in [7, 11) is 1.69. The molecule has 0 unspecified atom stereocenters. The minimum Gasteiger partial charge on any atom is -0.497 e. The maximum Gasteiger partial charge on any atom is 0.191 e. The molecule has 1 heterocycles. The number of guanidine groups is 1. The van der Waals surface area contributed by atoms with Gasteiger partial charge in [0.1, 0.15) is 5.75 Å².